The minimum absolute atomic E-state index is 0.0194. The van der Waals surface area contributed by atoms with E-state index in [9.17, 15) is 14.9 Å². The third kappa shape index (κ3) is 2.58. The molecule has 3 rings (SSSR count). The van der Waals surface area contributed by atoms with E-state index >= 15 is 0 Å². The van der Waals surface area contributed by atoms with Gasteiger partial charge in [-0.25, -0.2) is 4.79 Å². The summed E-state index contributed by atoms with van der Waals surface area (Å²) in [5.41, 5.74) is 0.669. The average molecular weight is 302 g/mol. The van der Waals surface area contributed by atoms with E-state index in [4.69, 9.17) is 9.47 Å². The smallest absolute Gasteiger partial charge is 0.414 e. The number of ether oxygens (including phenoxy) is 2. The maximum atomic E-state index is 11.9. The van der Waals surface area contributed by atoms with Gasteiger partial charge in [0.15, 0.2) is 0 Å². The molecule has 0 bridgehead atoms. The van der Waals surface area contributed by atoms with Crippen LogP contribution in [0.4, 0.5) is 16.2 Å². The molecule has 1 aliphatic heterocycles. The van der Waals surface area contributed by atoms with E-state index in [0.717, 1.165) is 5.39 Å². The van der Waals surface area contributed by atoms with Crippen molar-refractivity contribution >= 4 is 28.2 Å². The van der Waals surface area contributed by atoms with Crippen LogP contribution in [-0.2, 0) is 9.47 Å². The highest BCUT2D eigenvalue weighted by atomic mass is 16.6. The van der Waals surface area contributed by atoms with Crippen molar-refractivity contribution in [3.05, 3.63) is 46.5 Å². The number of rotatable bonds is 4. The fourth-order valence-corrected chi connectivity index (χ4v) is 2.51. The summed E-state index contributed by atoms with van der Waals surface area (Å²) in [5, 5.41) is 12.4. The van der Waals surface area contributed by atoms with Crippen molar-refractivity contribution in [1.82, 2.24) is 0 Å². The molecule has 1 unspecified atom stereocenters. The zero-order valence-electron chi connectivity index (χ0n) is 11.9. The van der Waals surface area contributed by atoms with Crippen LogP contribution in [0.15, 0.2) is 36.4 Å². The van der Waals surface area contributed by atoms with E-state index in [0.29, 0.717) is 24.2 Å². The quantitative estimate of drug-likeness (QED) is 0.640. The first-order chi connectivity index (χ1) is 10.6. The summed E-state index contributed by atoms with van der Waals surface area (Å²) in [7, 11) is 1.55. The zero-order valence-corrected chi connectivity index (χ0v) is 11.9. The average Bonchev–Trinajstić information content (AvgIpc) is 2.87. The third-order valence-corrected chi connectivity index (χ3v) is 3.56. The molecule has 0 saturated carbocycles. The lowest BCUT2D eigenvalue weighted by Crippen LogP contribution is -2.25. The Morgan fingerprint density at radius 1 is 1.32 bits per heavy atom. The summed E-state index contributed by atoms with van der Waals surface area (Å²) in [4.78, 5) is 23.8. The van der Waals surface area contributed by atoms with E-state index in [-0.39, 0.29) is 11.8 Å². The number of benzene rings is 2. The van der Waals surface area contributed by atoms with Crippen LogP contribution in [0.1, 0.15) is 0 Å². The van der Waals surface area contributed by atoms with Gasteiger partial charge in [0.05, 0.1) is 18.1 Å². The van der Waals surface area contributed by atoms with Crippen molar-refractivity contribution in [2.45, 2.75) is 6.10 Å². The lowest BCUT2D eigenvalue weighted by Gasteiger charge is -2.13. The number of nitro groups is 1. The number of anilines is 1. The van der Waals surface area contributed by atoms with Crippen molar-refractivity contribution in [2.24, 2.45) is 0 Å². The highest BCUT2D eigenvalue weighted by Gasteiger charge is 2.32. The van der Waals surface area contributed by atoms with E-state index in [2.05, 4.69) is 0 Å². The maximum absolute atomic E-state index is 11.9. The van der Waals surface area contributed by atoms with Crippen LogP contribution in [0, 0.1) is 10.1 Å². The number of carbonyl (C=O) groups is 1. The van der Waals surface area contributed by atoms with Crippen LogP contribution in [0.5, 0.6) is 0 Å². The number of nitrogens with zero attached hydrogens (tertiary/aromatic N) is 2. The van der Waals surface area contributed by atoms with Gasteiger partial charge in [0, 0.05) is 24.9 Å². The van der Waals surface area contributed by atoms with Gasteiger partial charge < -0.3 is 9.47 Å². The van der Waals surface area contributed by atoms with Crippen molar-refractivity contribution in [3.8, 4) is 0 Å². The molecule has 1 saturated heterocycles. The molecular formula is C15H14N2O5. The Bertz CT molecular complexity index is 746. The van der Waals surface area contributed by atoms with Crippen LogP contribution in [0.3, 0.4) is 0 Å². The van der Waals surface area contributed by atoms with Gasteiger partial charge in [-0.1, -0.05) is 6.07 Å². The predicted molar refractivity (Wildman–Crippen MR) is 80.1 cm³/mol. The molecule has 2 aromatic rings. The van der Waals surface area contributed by atoms with Crippen LogP contribution in [0.2, 0.25) is 0 Å². The lowest BCUT2D eigenvalue weighted by molar-refractivity contribution is -0.384. The first-order valence-corrected chi connectivity index (χ1v) is 6.74. The predicted octanol–water partition coefficient (Wildman–Crippen LogP) is 2.72. The summed E-state index contributed by atoms with van der Waals surface area (Å²) in [6.07, 6.45) is -0.745. The molecule has 0 radical (unpaired) electrons. The number of non-ortho nitro benzene ring substituents is 1. The molecular weight excluding hydrogens is 288 g/mol. The Balaban J connectivity index is 1.94. The summed E-state index contributed by atoms with van der Waals surface area (Å²) in [6.45, 7) is 0.731. The number of fused-ring (bicyclic) bond motifs is 1. The monoisotopic (exact) mass is 302 g/mol. The maximum Gasteiger partial charge on any atom is 0.414 e. The molecule has 0 spiro atoms. The molecule has 2 aromatic carbocycles. The van der Waals surface area contributed by atoms with Gasteiger partial charge in [-0.3, -0.25) is 15.0 Å². The Hall–Kier alpha value is -2.67. The van der Waals surface area contributed by atoms with Crippen molar-refractivity contribution in [2.75, 3.05) is 25.2 Å². The first-order valence-electron chi connectivity index (χ1n) is 6.74. The van der Waals surface area contributed by atoms with Gasteiger partial charge in [-0.15, -0.1) is 0 Å². The van der Waals surface area contributed by atoms with Crippen LogP contribution >= 0.6 is 0 Å². The number of nitro benzene ring substituents is 1. The molecule has 1 aliphatic rings. The second-order valence-electron chi connectivity index (χ2n) is 5.04. The number of amides is 1. The van der Waals surface area contributed by atoms with Crippen LogP contribution in [0.25, 0.3) is 10.8 Å². The molecule has 114 valence electrons. The molecule has 0 N–H and O–H groups in total. The lowest BCUT2D eigenvalue weighted by atomic mass is 10.1. The summed E-state index contributed by atoms with van der Waals surface area (Å²) >= 11 is 0. The molecule has 1 atom stereocenters. The Morgan fingerprint density at radius 2 is 2.09 bits per heavy atom. The summed E-state index contributed by atoms with van der Waals surface area (Å²) < 4.78 is 10.2. The minimum Gasteiger partial charge on any atom is -0.441 e. The van der Waals surface area contributed by atoms with Gasteiger partial charge in [-0.2, -0.15) is 0 Å². The molecule has 7 heteroatoms. The minimum atomic E-state index is -0.440. The number of carbonyl (C=O) groups excluding carboxylic acids is 1. The molecule has 1 amide bonds. The van der Waals surface area contributed by atoms with Crippen molar-refractivity contribution in [3.63, 3.8) is 0 Å². The van der Waals surface area contributed by atoms with E-state index in [1.807, 2.05) is 6.07 Å². The topological polar surface area (TPSA) is 81.9 Å². The molecule has 7 nitrogen and oxygen atoms in total. The van der Waals surface area contributed by atoms with E-state index < -0.39 is 11.0 Å². The molecule has 0 aliphatic carbocycles. The molecule has 1 fully saturated rings. The Morgan fingerprint density at radius 3 is 2.82 bits per heavy atom. The van der Waals surface area contributed by atoms with Gasteiger partial charge >= 0.3 is 6.09 Å². The SMILES string of the molecule is COCC1CN(c2ccc3ccc([N+](=O)[O-])cc3c2)C(=O)O1. The van der Waals surface area contributed by atoms with Crippen molar-refractivity contribution in [1.29, 1.82) is 0 Å². The normalized spacial score (nSPS) is 17.8. The highest BCUT2D eigenvalue weighted by Crippen LogP contribution is 2.28. The van der Waals surface area contributed by atoms with E-state index in [1.165, 1.54) is 17.0 Å². The van der Waals surface area contributed by atoms with Gasteiger partial charge in [0.25, 0.3) is 5.69 Å². The fraction of sp³-hybridized carbons (Fsp3) is 0.267. The number of hydrogen-bond donors (Lipinski definition) is 0. The zero-order chi connectivity index (χ0) is 15.7. The second-order valence-corrected chi connectivity index (χ2v) is 5.04. The molecule has 0 aromatic heterocycles. The molecule has 1 heterocycles. The van der Waals surface area contributed by atoms with E-state index in [1.54, 1.807) is 25.3 Å². The van der Waals surface area contributed by atoms with Gasteiger partial charge in [-0.05, 0) is 29.0 Å². The van der Waals surface area contributed by atoms with Crippen molar-refractivity contribution < 1.29 is 19.2 Å². The third-order valence-electron chi connectivity index (χ3n) is 3.56. The number of hydrogen-bond acceptors (Lipinski definition) is 5. The Labute approximate surface area is 126 Å². The largest absolute Gasteiger partial charge is 0.441 e. The van der Waals surface area contributed by atoms with Crippen LogP contribution < -0.4 is 4.90 Å². The molecule has 22 heavy (non-hydrogen) atoms. The first kappa shape index (κ1) is 14.3. The van der Waals surface area contributed by atoms with Gasteiger partial charge in [0.2, 0.25) is 0 Å². The fourth-order valence-electron chi connectivity index (χ4n) is 2.51. The Kier molecular flexibility index (Phi) is 3.64. The van der Waals surface area contributed by atoms with Crippen LogP contribution in [-0.4, -0.2) is 37.4 Å². The highest BCUT2D eigenvalue weighted by molar-refractivity contribution is 5.94. The summed E-state index contributed by atoms with van der Waals surface area (Å²) in [6, 6.07) is 10.0. The second kappa shape index (κ2) is 5.61. The summed E-state index contributed by atoms with van der Waals surface area (Å²) in [5.74, 6) is 0. The standard InChI is InChI=1S/C15H14N2O5/c1-21-9-14-8-16(15(18)22-14)12-4-2-10-3-5-13(17(19)20)7-11(10)6-12/h2-7,14H,8-9H2,1H3. The number of methoxy groups -OCH3 is 1. The number of cyclic esters (lactones) is 1. The van der Waals surface area contributed by atoms with Gasteiger partial charge in [0.1, 0.15) is 6.10 Å².